The molecule has 8 aromatic rings. The topological polar surface area (TPSA) is 483 Å². The lowest BCUT2D eigenvalue weighted by molar-refractivity contribution is -0.130. The smallest absolute Gasteiger partial charge is 0.355 e. The molecule has 0 saturated heterocycles. The number of rotatable bonds is 19. The molecular weight excluding hydrogens is 1220 g/mol. The number of aromatic amines is 1. The summed E-state index contributed by atoms with van der Waals surface area (Å²) in [5.74, 6) is -4.42. The Bertz CT molecular complexity index is 4900. The maximum absolute atomic E-state index is 13.6. The summed E-state index contributed by atoms with van der Waals surface area (Å²) in [6, 6.07) is 17.6. The molecule has 1 unspecified atom stereocenters. The van der Waals surface area contributed by atoms with E-state index in [0.29, 0.717) is 5.56 Å². The van der Waals surface area contributed by atoms with E-state index in [4.69, 9.17) is 9.47 Å². The van der Waals surface area contributed by atoms with E-state index in [9.17, 15) is 84.7 Å². The van der Waals surface area contributed by atoms with Crippen LogP contribution in [0.4, 0.5) is 34.1 Å². The molecule has 1 aromatic heterocycles. The van der Waals surface area contributed by atoms with Crippen LogP contribution in [-0.4, -0.2) is 128 Å². The molecule has 8 N–H and O–H groups in total. The van der Waals surface area contributed by atoms with Gasteiger partial charge in [0, 0.05) is 39.2 Å². The molecular formula is C49H40N10O21S5. The summed E-state index contributed by atoms with van der Waals surface area (Å²) >= 11 is 0. The molecule has 1 amide bonds. The third-order valence-corrected chi connectivity index (χ3v) is 17.1. The van der Waals surface area contributed by atoms with E-state index in [1.54, 1.807) is 0 Å². The van der Waals surface area contributed by atoms with E-state index in [0.717, 1.165) is 53.5 Å². The summed E-state index contributed by atoms with van der Waals surface area (Å²) in [6.07, 6.45) is -0.296. The van der Waals surface area contributed by atoms with E-state index < -0.39 is 123 Å². The minimum Gasteiger partial charge on any atom is -0.505 e. The third-order valence-electron chi connectivity index (χ3n) is 12.6. The van der Waals surface area contributed by atoms with Crippen molar-refractivity contribution in [2.75, 3.05) is 24.5 Å². The molecule has 0 bridgehead atoms. The summed E-state index contributed by atoms with van der Waals surface area (Å²) in [5, 5.41) is 49.7. The first-order chi connectivity index (χ1) is 39.7. The van der Waals surface area contributed by atoms with Gasteiger partial charge in [0.2, 0.25) is 6.04 Å². The predicted molar refractivity (Wildman–Crippen MR) is 299 cm³/mol. The van der Waals surface area contributed by atoms with Crippen LogP contribution in [0.1, 0.15) is 17.5 Å². The molecule has 0 saturated carbocycles. The van der Waals surface area contributed by atoms with Gasteiger partial charge < -0.3 is 24.7 Å². The van der Waals surface area contributed by atoms with Crippen molar-refractivity contribution in [2.24, 2.45) is 35.8 Å². The number of carbonyl (C=O) groups is 2. The maximum Gasteiger partial charge on any atom is 0.355 e. The number of carboxylic acids is 1. The van der Waals surface area contributed by atoms with Gasteiger partial charge in [0.1, 0.15) is 59.7 Å². The highest BCUT2D eigenvalue weighted by Gasteiger charge is 2.41. The third kappa shape index (κ3) is 12.6. The summed E-state index contributed by atoms with van der Waals surface area (Å²) in [6.45, 7) is 2.37. The van der Waals surface area contributed by atoms with Crippen LogP contribution in [0.25, 0.3) is 44.0 Å². The average Bonchev–Trinajstić information content (AvgIpc) is 1.87. The van der Waals surface area contributed by atoms with E-state index in [1.165, 1.54) is 69.5 Å². The lowest BCUT2D eigenvalue weighted by Gasteiger charge is -2.13. The molecule has 1 atom stereocenters. The minimum absolute atomic E-state index is 0.00615. The highest BCUT2D eigenvalue weighted by atomic mass is 32.2. The number of carboxylic acid groups (broad SMARTS) is 1. The largest absolute Gasteiger partial charge is 0.505 e. The number of anilines is 1. The number of phenolic OH excluding ortho intramolecular Hbond substituents is 1. The maximum atomic E-state index is 13.6. The standard InChI is InChI=1S/C49H40N10O21S5/c1-23-18-35(37(80-16-5-17-81(64,65)66)21-33(23)53-52-32-15-12-27-29(46(32)85(76,77)78)6-4-7-38(27)82(67,68)69)55-56-42-40(84(73,74)75)20-30-28(45(42)60)13-14-31-41(30)51-47(50-31)25-8-10-26(11-9-25)59-48(61)43(44(58-59)49(62)63)57-54-34-19-24(2)39(83(70,71)72)22-36(34)79-3/h4,6-15,18-22,43,60H,5,16-17H2,1-3H3,(H,50,51)(H,62,63)(H,64,65,66)(H,67,68,69)(H,70,71,72)(H,73,74,75)(H,76,77,78). The van der Waals surface area contributed by atoms with Gasteiger partial charge in [-0.25, -0.2) is 9.78 Å². The number of aryl methyl sites for hydroxylation is 2. The van der Waals surface area contributed by atoms with Gasteiger partial charge >= 0.3 is 5.97 Å². The lowest BCUT2D eigenvalue weighted by atomic mass is 10.1. The van der Waals surface area contributed by atoms with Gasteiger partial charge in [-0.1, -0.05) is 18.2 Å². The van der Waals surface area contributed by atoms with Crippen LogP contribution in [0.5, 0.6) is 17.2 Å². The van der Waals surface area contributed by atoms with Crippen LogP contribution in [0.2, 0.25) is 0 Å². The Kier molecular flexibility index (Phi) is 16.0. The van der Waals surface area contributed by atoms with Crippen molar-refractivity contribution < 1.29 is 94.1 Å². The second-order valence-electron chi connectivity index (χ2n) is 18.3. The van der Waals surface area contributed by atoms with Crippen LogP contribution in [0, 0.1) is 13.8 Å². The Balaban J connectivity index is 1.03. The van der Waals surface area contributed by atoms with Crippen molar-refractivity contribution in [1.82, 2.24) is 9.97 Å². The number of nitrogens with one attached hydrogen (secondary N) is 1. The van der Waals surface area contributed by atoms with Crippen LogP contribution in [0.15, 0.2) is 152 Å². The number of methoxy groups -OCH3 is 1. The van der Waals surface area contributed by atoms with Crippen molar-refractivity contribution in [3.63, 3.8) is 0 Å². The number of H-pyrrole nitrogens is 1. The zero-order valence-corrected chi connectivity index (χ0v) is 47.4. The Morgan fingerprint density at radius 3 is 1.92 bits per heavy atom. The number of aromatic hydroxyl groups is 1. The van der Waals surface area contributed by atoms with Crippen molar-refractivity contribution in [3.8, 4) is 28.6 Å². The molecule has 85 heavy (non-hydrogen) atoms. The Morgan fingerprint density at radius 1 is 0.647 bits per heavy atom. The summed E-state index contributed by atoms with van der Waals surface area (Å²) in [7, 11) is -23.3. The Hall–Kier alpha value is -9.11. The molecule has 442 valence electrons. The molecule has 0 radical (unpaired) electrons. The number of ether oxygens (including phenoxy) is 2. The van der Waals surface area contributed by atoms with Gasteiger partial charge in [-0.2, -0.15) is 67.5 Å². The quantitative estimate of drug-likeness (QED) is 0.0214. The molecule has 2 heterocycles. The van der Waals surface area contributed by atoms with Crippen LogP contribution >= 0.6 is 0 Å². The lowest BCUT2D eigenvalue weighted by Crippen LogP contribution is -2.33. The summed E-state index contributed by atoms with van der Waals surface area (Å²) < 4.78 is 183. The number of amides is 1. The van der Waals surface area contributed by atoms with Crippen molar-refractivity contribution in [1.29, 1.82) is 0 Å². The first-order valence-electron chi connectivity index (χ1n) is 23.8. The number of phenols is 1. The average molecular weight is 1270 g/mol. The van der Waals surface area contributed by atoms with Gasteiger partial charge in [-0.3, -0.25) is 27.6 Å². The van der Waals surface area contributed by atoms with E-state index in [-0.39, 0.29) is 90.2 Å². The number of aromatic nitrogens is 2. The van der Waals surface area contributed by atoms with Crippen molar-refractivity contribution >= 4 is 135 Å². The highest BCUT2D eigenvalue weighted by Crippen LogP contribution is 2.46. The van der Waals surface area contributed by atoms with Crippen LogP contribution in [-0.2, 0) is 60.2 Å². The molecule has 36 heteroatoms. The van der Waals surface area contributed by atoms with Crippen molar-refractivity contribution in [2.45, 2.75) is 45.9 Å². The number of azo groups is 3. The number of imidazole rings is 1. The summed E-state index contributed by atoms with van der Waals surface area (Å²) in [4.78, 5) is 30.5. The number of carbonyl (C=O) groups excluding carboxylic acids is 1. The molecule has 0 spiro atoms. The Morgan fingerprint density at radius 2 is 1.28 bits per heavy atom. The fourth-order valence-corrected chi connectivity index (χ4v) is 12.1. The normalized spacial score (nSPS) is 14.7. The zero-order chi connectivity index (χ0) is 61.9. The van der Waals surface area contributed by atoms with E-state index in [1.807, 2.05) is 0 Å². The van der Waals surface area contributed by atoms with Crippen LogP contribution in [0.3, 0.4) is 0 Å². The predicted octanol–water partition coefficient (Wildman–Crippen LogP) is 8.28. The van der Waals surface area contributed by atoms with E-state index in [2.05, 4.69) is 45.8 Å². The number of aliphatic carboxylic acids is 1. The Labute approximate surface area is 479 Å². The molecule has 31 nitrogen and oxygen atoms in total. The molecule has 7 aromatic carbocycles. The minimum atomic E-state index is -5.27. The number of hydrogen-bond donors (Lipinski definition) is 8. The van der Waals surface area contributed by atoms with Crippen molar-refractivity contribution in [3.05, 3.63) is 108 Å². The van der Waals surface area contributed by atoms with Gasteiger partial charge in [0.05, 0.1) is 41.9 Å². The second-order valence-corrected chi connectivity index (χ2v) is 25.4. The first kappa shape index (κ1) is 60.5. The first-order valence-corrected chi connectivity index (χ1v) is 31.2. The van der Waals surface area contributed by atoms with Gasteiger partial charge in [0.15, 0.2) is 11.5 Å². The molecule has 1 aliphatic heterocycles. The fraction of sp³-hybridized carbons (Fsp3) is 0.143. The number of hydrogen-bond acceptors (Lipinski definition) is 23. The van der Waals surface area contributed by atoms with E-state index >= 15 is 0 Å². The highest BCUT2D eigenvalue weighted by molar-refractivity contribution is 7.87. The number of nitrogens with zero attached hydrogens (tertiary/aromatic N) is 9. The molecule has 0 aliphatic carbocycles. The van der Waals surface area contributed by atoms with Gasteiger partial charge in [-0.05, 0) is 98.1 Å². The number of hydrazone groups is 1. The fourth-order valence-electron chi connectivity index (χ4n) is 8.74. The molecule has 0 fully saturated rings. The van der Waals surface area contributed by atoms with Gasteiger partial charge in [-0.15, -0.1) is 15.3 Å². The second kappa shape index (κ2) is 22.5. The number of fused-ring (bicyclic) bond motifs is 4. The summed E-state index contributed by atoms with van der Waals surface area (Å²) in [5.41, 5.74) is -1.46. The number of benzene rings is 7. The SMILES string of the molecule is COc1cc(S(=O)(=O)O)c(C)cc1N=NC1C(=O)N(c2ccc(-c3nc4ccc5c(O)c(N=Nc6cc(C)c(N=Nc7ccc8c(S(=O)(=O)O)cccc8c7S(=O)(=O)O)cc6OCCCS(=O)(=O)O)c(S(=O)(=O)O)cc5c4[nH]3)cc2)N=C1C(=O)O. The van der Waals surface area contributed by atoms with Gasteiger partial charge in [0.25, 0.3) is 56.5 Å². The molecule has 1 aliphatic rings. The van der Waals surface area contributed by atoms with Crippen LogP contribution < -0.4 is 14.5 Å². The zero-order valence-electron chi connectivity index (χ0n) is 43.3. The monoisotopic (exact) mass is 1260 g/mol. The molecule has 9 rings (SSSR count).